The van der Waals surface area contributed by atoms with E-state index in [1.807, 2.05) is 17.9 Å². The van der Waals surface area contributed by atoms with Gasteiger partial charge in [0.1, 0.15) is 11.3 Å². The monoisotopic (exact) mass is 386 g/mol. The van der Waals surface area contributed by atoms with Gasteiger partial charge in [-0.05, 0) is 51.3 Å². The summed E-state index contributed by atoms with van der Waals surface area (Å²) >= 11 is 0. The second kappa shape index (κ2) is 8.46. The predicted octanol–water partition coefficient (Wildman–Crippen LogP) is 2.31. The first-order valence-electron chi connectivity index (χ1n) is 9.63. The van der Waals surface area contributed by atoms with Crippen LogP contribution in [0.2, 0.25) is 0 Å². The van der Waals surface area contributed by atoms with E-state index < -0.39 is 6.10 Å². The highest BCUT2D eigenvalue weighted by Crippen LogP contribution is 2.24. The van der Waals surface area contributed by atoms with Crippen LogP contribution in [0.1, 0.15) is 37.3 Å². The van der Waals surface area contributed by atoms with Gasteiger partial charge in [0.15, 0.2) is 6.10 Å². The molecule has 1 fully saturated rings. The van der Waals surface area contributed by atoms with Crippen molar-refractivity contribution in [3.05, 3.63) is 39.7 Å². The molecule has 0 aliphatic carbocycles. The topological polar surface area (TPSA) is 88.8 Å². The smallest absolute Gasteiger partial charge is 0.339 e. The van der Waals surface area contributed by atoms with Crippen molar-refractivity contribution < 1.29 is 18.7 Å². The van der Waals surface area contributed by atoms with Crippen molar-refractivity contribution in [3.63, 3.8) is 0 Å². The van der Waals surface area contributed by atoms with Crippen LogP contribution in [0.25, 0.3) is 11.0 Å². The Labute approximate surface area is 163 Å². The van der Waals surface area contributed by atoms with E-state index in [1.165, 1.54) is 0 Å². The molecule has 1 aliphatic rings. The molecule has 0 saturated carbocycles. The number of hydrogen-bond acceptors (Lipinski definition) is 5. The zero-order valence-corrected chi connectivity index (χ0v) is 16.5. The first kappa shape index (κ1) is 19.9. The molecule has 1 aliphatic heterocycles. The van der Waals surface area contributed by atoms with E-state index in [1.54, 1.807) is 26.0 Å². The second-order valence-corrected chi connectivity index (χ2v) is 7.19. The van der Waals surface area contributed by atoms with Gasteiger partial charge in [-0.25, -0.2) is 4.79 Å². The average Bonchev–Trinajstić information content (AvgIpc) is 3.08. The van der Waals surface area contributed by atoms with Gasteiger partial charge in [0.25, 0.3) is 5.91 Å². The standard InChI is InChI=1S/C21H26N2O5/c1-13-14(2)21(26)28-18-12-16(7-8-17(13)18)27-15(3)20(25)22-9-5-11-23-10-4-6-19(23)24/h7-8,12,15H,4-6,9-11H2,1-3H3,(H,22,25). The van der Waals surface area contributed by atoms with Gasteiger partial charge in [0, 0.05) is 43.1 Å². The van der Waals surface area contributed by atoms with Crippen molar-refractivity contribution in [2.45, 2.75) is 46.1 Å². The minimum absolute atomic E-state index is 0.191. The van der Waals surface area contributed by atoms with Crippen molar-refractivity contribution in [1.29, 1.82) is 0 Å². The fraction of sp³-hybridized carbons (Fsp3) is 0.476. The maximum absolute atomic E-state index is 12.2. The molecule has 2 amide bonds. The molecule has 0 radical (unpaired) electrons. The van der Waals surface area contributed by atoms with E-state index in [0.29, 0.717) is 42.8 Å². The maximum atomic E-state index is 12.2. The normalized spacial score (nSPS) is 15.1. The fourth-order valence-electron chi connectivity index (χ4n) is 3.33. The summed E-state index contributed by atoms with van der Waals surface area (Å²) in [5.41, 5.74) is 1.53. The van der Waals surface area contributed by atoms with Gasteiger partial charge >= 0.3 is 5.63 Å². The van der Waals surface area contributed by atoms with Crippen molar-refractivity contribution in [1.82, 2.24) is 10.2 Å². The highest BCUT2D eigenvalue weighted by molar-refractivity contribution is 5.83. The largest absolute Gasteiger partial charge is 0.481 e. The Hall–Kier alpha value is -2.83. The SMILES string of the molecule is Cc1c(C)c2ccc(OC(C)C(=O)NCCCN3CCCC3=O)cc2oc1=O. The van der Waals surface area contributed by atoms with Crippen LogP contribution in [0, 0.1) is 13.8 Å². The van der Waals surface area contributed by atoms with Crippen LogP contribution in [0.5, 0.6) is 5.75 Å². The molecular weight excluding hydrogens is 360 g/mol. The number of aryl methyl sites for hydroxylation is 1. The lowest BCUT2D eigenvalue weighted by molar-refractivity contribution is -0.127. The number of nitrogens with one attached hydrogen (secondary N) is 1. The molecule has 2 heterocycles. The van der Waals surface area contributed by atoms with Crippen LogP contribution in [0.15, 0.2) is 27.4 Å². The van der Waals surface area contributed by atoms with E-state index in [-0.39, 0.29) is 17.4 Å². The molecule has 1 atom stereocenters. The summed E-state index contributed by atoms with van der Waals surface area (Å²) in [4.78, 5) is 37.5. The lowest BCUT2D eigenvalue weighted by Gasteiger charge is -2.17. The highest BCUT2D eigenvalue weighted by atomic mass is 16.5. The molecule has 0 spiro atoms. The van der Waals surface area contributed by atoms with Gasteiger partial charge in [-0.3, -0.25) is 9.59 Å². The van der Waals surface area contributed by atoms with Crippen molar-refractivity contribution in [3.8, 4) is 5.75 Å². The van der Waals surface area contributed by atoms with E-state index in [2.05, 4.69) is 5.32 Å². The molecular formula is C21H26N2O5. The fourth-order valence-corrected chi connectivity index (χ4v) is 3.33. The Morgan fingerprint density at radius 1 is 1.29 bits per heavy atom. The van der Waals surface area contributed by atoms with Gasteiger partial charge in [0.2, 0.25) is 5.91 Å². The Morgan fingerprint density at radius 3 is 2.79 bits per heavy atom. The lowest BCUT2D eigenvalue weighted by Crippen LogP contribution is -2.38. The molecule has 28 heavy (non-hydrogen) atoms. The number of ether oxygens (including phenoxy) is 1. The Morgan fingerprint density at radius 2 is 2.07 bits per heavy atom. The van der Waals surface area contributed by atoms with Crippen molar-refractivity contribution in [2.75, 3.05) is 19.6 Å². The molecule has 1 N–H and O–H groups in total. The molecule has 1 aromatic heterocycles. The molecule has 3 rings (SSSR count). The highest BCUT2D eigenvalue weighted by Gasteiger charge is 2.20. The third kappa shape index (κ3) is 4.35. The summed E-state index contributed by atoms with van der Waals surface area (Å²) in [5, 5.41) is 3.67. The van der Waals surface area contributed by atoms with Crippen molar-refractivity contribution in [2.24, 2.45) is 0 Å². The molecule has 1 saturated heterocycles. The van der Waals surface area contributed by atoms with E-state index >= 15 is 0 Å². The van der Waals surface area contributed by atoms with Crippen LogP contribution in [0.3, 0.4) is 0 Å². The summed E-state index contributed by atoms with van der Waals surface area (Å²) in [7, 11) is 0. The molecule has 7 nitrogen and oxygen atoms in total. The molecule has 7 heteroatoms. The van der Waals surface area contributed by atoms with Crippen molar-refractivity contribution >= 4 is 22.8 Å². The minimum atomic E-state index is -0.691. The van der Waals surface area contributed by atoms with Gasteiger partial charge in [-0.1, -0.05) is 0 Å². The quantitative estimate of drug-likeness (QED) is 0.583. The first-order chi connectivity index (χ1) is 13.4. The number of fused-ring (bicyclic) bond motifs is 1. The first-order valence-corrected chi connectivity index (χ1v) is 9.63. The minimum Gasteiger partial charge on any atom is -0.481 e. The van der Waals surface area contributed by atoms with Gasteiger partial charge in [-0.15, -0.1) is 0 Å². The summed E-state index contributed by atoms with van der Waals surface area (Å²) in [6.45, 7) is 7.24. The summed E-state index contributed by atoms with van der Waals surface area (Å²) in [6.07, 6.45) is 1.57. The Balaban J connectivity index is 1.54. The molecule has 0 bridgehead atoms. The van der Waals surface area contributed by atoms with Gasteiger partial charge in [-0.2, -0.15) is 0 Å². The van der Waals surface area contributed by atoms with Crippen LogP contribution in [-0.2, 0) is 9.59 Å². The third-order valence-electron chi connectivity index (χ3n) is 5.19. The van der Waals surface area contributed by atoms with Gasteiger partial charge < -0.3 is 19.4 Å². The van der Waals surface area contributed by atoms with E-state index in [4.69, 9.17) is 9.15 Å². The van der Waals surface area contributed by atoms with Crippen LogP contribution < -0.4 is 15.7 Å². The average molecular weight is 386 g/mol. The Kier molecular flexibility index (Phi) is 6.02. The molecule has 2 aromatic rings. The molecule has 150 valence electrons. The predicted molar refractivity (Wildman–Crippen MR) is 105 cm³/mol. The second-order valence-electron chi connectivity index (χ2n) is 7.19. The maximum Gasteiger partial charge on any atom is 0.339 e. The van der Waals surface area contributed by atoms with Gasteiger partial charge in [0.05, 0.1) is 0 Å². The summed E-state index contributed by atoms with van der Waals surface area (Å²) < 4.78 is 11.0. The van der Waals surface area contributed by atoms with Crippen LogP contribution in [-0.4, -0.2) is 42.5 Å². The number of carbonyl (C=O) groups is 2. The van der Waals surface area contributed by atoms with E-state index in [9.17, 15) is 14.4 Å². The van der Waals surface area contributed by atoms with E-state index in [0.717, 1.165) is 23.9 Å². The zero-order chi connectivity index (χ0) is 20.3. The molecule has 1 unspecified atom stereocenters. The van der Waals surface area contributed by atoms with Crippen LogP contribution in [0.4, 0.5) is 0 Å². The lowest BCUT2D eigenvalue weighted by atomic mass is 10.1. The number of rotatable bonds is 7. The third-order valence-corrected chi connectivity index (χ3v) is 5.19. The summed E-state index contributed by atoms with van der Waals surface area (Å²) in [5.74, 6) is 0.426. The zero-order valence-electron chi connectivity index (χ0n) is 16.5. The number of benzene rings is 1. The Bertz CT molecular complexity index is 950. The number of likely N-dealkylation sites (tertiary alicyclic amines) is 1. The number of carbonyl (C=O) groups excluding carboxylic acids is 2. The molecule has 1 aromatic carbocycles. The summed E-state index contributed by atoms with van der Waals surface area (Å²) in [6, 6.07) is 5.22. The van der Waals surface area contributed by atoms with Crippen LogP contribution >= 0.6 is 0 Å². The number of hydrogen-bond donors (Lipinski definition) is 1. The number of amides is 2. The number of nitrogens with zero attached hydrogens (tertiary/aromatic N) is 1.